The summed E-state index contributed by atoms with van der Waals surface area (Å²) in [5.41, 5.74) is 0.330. The zero-order valence-corrected chi connectivity index (χ0v) is 15.0. The van der Waals surface area contributed by atoms with E-state index in [4.69, 9.17) is 0 Å². The zero-order valence-electron chi connectivity index (χ0n) is 14.2. The van der Waals surface area contributed by atoms with Gasteiger partial charge in [-0.15, -0.1) is 0 Å². The van der Waals surface area contributed by atoms with E-state index in [1.54, 1.807) is 31.3 Å². The minimum atomic E-state index is -3.28. The number of hydrogen-bond acceptors (Lipinski definition) is 5. The van der Waals surface area contributed by atoms with E-state index >= 15 is 0 Å². The summed E-state index contributed by atoms with van der Waals surface area (Å²) >= 11 is 0. The van der Waals surface area contributed by atoms with Gasteiger partial charge in [0.05, 0.1) is 5.75 Å². The van der Waals surface area contributed by atoms with Crippen molar-refractivity contribution in [1.29, 1.82) is 0 Å². The van der Waals surface area contributed by atoms with Crippen LogP contribution in [-0.4, -0.2) is 77.9 Å². The van der Waals surface area contributed by atoms with Gasteiger partial charge in [0.15, 0.2) is 0 Å². The second-order valence-corrected chi connectivity index (χ2v) is 8.78. The van der Waals surface area contributed by atoms with Crippen LogP contribution in [0.2, 0.25) is 0 Å². The van der Waals surface area contributed by atoms with E-state index in [9.17, 15) is 13.2 Å². The van der Waals surface area contributed by atoms with Crippen LogP contribution >= 0.6 is 0 Å². The van der Waals surface area contributed by atoms with E-state index in [1.807, 2.05) is 12.1 Å². The van der Waals surface area contributed by atoms with Crippen LogP contribution in [-0.2, 0) is 21.4 Å². The number of carbonyl (C=O) groups excluding carboxylic acids is 1. The number of hydrogen-bond donors (Lipinski definition) is 0. The van der Waals surface area contributed by atoms with E-state index in [1.165, 1.54) is 4.31 Å². The number of pyridine rings is 1. The van der Waals surface area contributed by atoms with Gasteiger partial charge in [-0.1, -0.05) is 0 Å². The fourth-order valence-corrected chi connectivity index (χ4v) is 4.77. The van der Waals surface area contributed by atoms with Gasteiger partial charge in [-0.25, -0.2) is 8.42 Å². The van der Waals surface area contributed by atoms with Crippen molar-refractivity contribution in [2.24, 2.45) is 0 Å². The first-order valence-corrected chi connectivity index (χ1v) is 9.87. The summed E-state index contributed by atoms with van der Waals surface area (Å²) in [5.74, 6) is 0.0916. The highest BCUT2D eigenvalue weighted by Crippen LogP contribution is 2.35. The Balaban J connectivity index is 1.89. The topological polar surface area (TPSA) is 73.8 Å². The van der Waals surface area contributed by atoms with Crippen LogP contribution < -0.4 is 0 Å². The maximum Gasteiger partial charge on any atom is 0.244 e. The predicted molar refractivity (Wildman–Crippen MR) is 90.7 cm³/mol. The molecule has 1 aromatic rings. The molecule has 3 rings (SSSR count). The number of amides is 1. The Labute approximate surface area is 143 Å². The molecule has 1 unspecified atom stereocenters. The molecule has 0 bridgehead atoms. The predicted octanol–water partition coefficient (Wildman–Crippen LogP) is 0.150. The number of likely N-dealkylation sites (N-methyl/N-ethyl adjacent to an activating group) is 1. The van der Waals surface area contributed by atoms with Gasteiger partial charge >= 0.3 is 0 Å². The second-order valence-electron chi connectivity index (χ2n) is 6.52. The van der Waals surface area contributed by atoms with Crippen molar-refractivity contribution >= 4 is 15.9 Å². The van der Waals surface area contributed by atoms with Crippen molar-refractivity contribution in [3.63, 3.8) is 0 Å². The van der Waals surface area contributed by atoms with E-state index in [2.05, 4.69) is 9.88 Å². The number of piperazine rings is 1. The average Bonchev–Trinajstić information content (AvgIpc) is 3.04. The Morgan fingerprint density at radius 2 is 1.92 bits per heavy atom. The maximum absolute atomic E-state index is 13.0. The number of sulfonamides is 1. The number of carbonyl (C=O) groups is 1. The van der Waals surface area contributed by atoms with Crippen molar-refractivity contribution in [2.45, 2.75) is 25.4 Å². The third-order valence-electron chi connectivity index (χ3n) is 5.15. The molecule has 132 valence electrons. The average molecular weight is 352 g/mol. The Morgan fingerprint density at radius 3 is 2.58 bits per heavy atom. The highest BCUT2D eigenvalue weighted by atomic mass is 32.2. The van der Waals surface area contributed by atoms with Crippen LogP contribution in [0.25, 0.3) is 0 Å². The van der Waals surface area contributed by atoms with Crippen molar-refractivity contribution in [3.05, 3.63) is 30.1 Å². The third kappa shape index (κ3) is 2.94. The molecule has 1 spiro atoms. The molecule has 1 aromatic heterocycles. The van der Waals surface area contributed by atoms with Gasteiger partial charge in [0.25, 0.3) is 0 Å². The smallest absolute Gasteiger partial charge is 0.244 e. The molecule has 0 radical (unpaired) electrons. The quantitative estimate of drug-likeness (QED) is 0.771. The molecule has 0 saturated carbocycles. The van der Waals surface area contributed by atoms with Gasteiger partial charge in [-0.05, 0) is 31.0 Å². The zero-order chi connectivity index (χ0) is 17.4. The number of rotatable bonds is 4. The highest BCUT2D eigenvalue weighted by molar-refractivity contribution is 7.89. The van der Waals surface area contributed by atoms with Gasteiger partial charge in [-0.2, -0.15) is 4.31 Å². The minimum Gasteiger partial charge on any atom is -0.343 e. The first-order chi connectivity index (χ1) is 11.4. The van der Waals surface area contributed by atoms with Crippen LogP contribution in [0.3, 0.4) is 0 Å². The molecular formula is C16H24N4O3S. The number of nitrogens with zero attached hydrogens (tertiary/aromatic N) is 4. The molecule has 24 heavy (non-hydrogen) atoms. The first kappa shape index (κ1) is 17.3. The van der Waals surface area contributed by atoms with Crippen LogP contribution in [0.5, 0.6) is 0 Å². The summed E-state index contributed by atoms with van der Waals surface area (Å²) in [6.45, 7) is 4.32. The largest absolute Gasteiger partial charge is 0.343 e. The molecular weight excluding hydrogens is 328 g/mol. The van der Waals surface area contributed by atoms with E-state index < -0.39 is 15.6 Å². The van der Waals surface area contributed by atoms with Crippen molar-refractivity contribution in [2.75, 3.05) is 39.0 Å². The minimum absolute atomic E-state index is 0.0246. The van der Waals surface area contributed by atoms with Crippen LogP contribution in [0, 0.1) is 0 Å². The van der Waals surface area contributed by atoms with Gasteiger partial charge < -0.3 is 4.90 Å². The standard InChI is InChI=1S/C16H24N4O3S/c1-3-24(22,23)20-9-6-16(13-20)15(21)18(2)10-11-19(16)12-14-4-7-17-8-5-14/h4-5,7-8H,3,6,9-13H2,1-2H3. The fourth-order valence-electron chi connectivity index (χ4n) is 3.63. The molecule has 2 aliphatic rings. The summed E-state index contributed by atoms with van der Waals surface area (Å²) < 4.78 is 26.0. The summed E-state index contributed by atoms with van der Waals surface area (Å²) in [5, 5.41) is 0. The Hall–Kier alpha value is -1.51. The normalized spacial score (nSPS) is 26.4. The highest BCUT2D eigenvalue weighted by Gasteiger charge is 2.54. The summed E-state index contributed by atoms with van der Waals surface area (Å²) in [6, 6.07) is 3.87. The molecule has 0 aromatic carbocycles. The van der Waals surface area contributed by atoms with Gasteiger partial charge in [0.1, 0.15) is 5.54 Å². The summed E-state index contributed by atoms with van der Waals surface area (Å²) in [4.78, 5) is 20.9. The summed E-state index contributed by atoms with van der Waals surface area (Å²) in [7, 11) is -1.49. The molecule has 2 aliphatic heterocycles. The molecule has 0 aliphatic carbocycles. The summed E-state index contributed by atoms with van der Waals surface area (Å²) in [6.07, 6.45) is 4.02. The van der Waals surface area contributed by atoms with Crippen molar-refractivity contribution in [1.82, 2.24) is 19.1 Å². The van der Waals surface area contributed by atoms with E-state index in [-0.39, 0.29) is 18.2 Å². The molecule has 2 saturated heterocycles. The van der Waals surface area contributed by atoms with Crippen LogP contribution in [0.1, 0.15) is 18.9 Å². The SMILES string of the molecule is CCS(=O)(=O)N1CCC2(C1)C(=O)N(C)CCN2Cc1ccncc1. The molecule has 1 atom stereocenters. The van der Waals surface area contributed by atoms with Crippen molar-refractivity contribution < 1.29 is 13.2 Å². The first-order valence-electron chi connectivity index (χ1n) is 8.26. The molecule has 2 fully saturated rings. The Bertz CT molecular complexity index is 709. The second kappa shape index (κ2) is 6.42. The van der Waals surface area contributed by atoms with E-state index in [0.29, 0.717) is 26.1 Å². The maximum atomic E-state index is 13.0. The molecule has 8 heteroatoms. The van der Waals surface area contributed by atoms with Crippen LogP contribution in [0.4, 0.5) is 0 Å². The fraction of sp³-hybridized carbons (Fsp3) is 0.625. The lowest BCUT2D eigenvalue weighted by Gasteiger charge is -2.46. The lowest BCUT2D eigenvalue weighted by atomic mass is 9.91. The van der Waals surface area contributed by atoms with Crippen molar-refractivity contribution in [3.8, 4) is 0 Å². The van der Waals surface area contributed by atoms with E-state index in [0.717, 1.165) is 12.1 Å². The lowest BCUT2D eigenvalue weighted by Crippen LogP contribution is -2.65. The Morgan fingerprint density at radius 1 is 1.21 bits per heavy atom. The molecule has 0 N–H and O–H groups in total. The Kier molecular flexibility index (Phi) is 4.63. The monoisotopic (exact) mass is 352 g/mol. The third-order valence-corrected chi connectivity index (χ3v) is 6.98. The van der Waals surface area contributed by atoms with Gasteiger partial charge in [-0.3, -0.25) is 14.7 Å². The van der Waals surface area contributed by atoms with Gasteiger partial charge in [0, 0.05) is 52.2 Å². The number of aromatic nitrogens is 1. The molecule has 3 heterocycles. The lowest BCUT2D eigenvalue weighted by molar-refractivity contribution is -0.149. The van der Waals surface area contributed by atoms with Gasteiger partial charge in [0.2, 0.25) is 15.9 Å². The molecule has 1 amide bonds. The van der Waals surface area contributed by atoms with Crippen LogP contribution in [0.15, 0.2) is 24.5 Å². The molecule has 7 nitrogen and oxygen atoms in total.